The molecule has 10 nitrogen and oxygen atoms in total. The van der Waals surface area contributed by atoms with Crippen LogP contribution in [0.5, 0.6) is 5.75 Å². The number of benzene rings is 2. The molecule has 32 heavy (non-hydrogen) atoms. The quantitative estimate of drug-likeness (QED) is 0.493. The Morgan fingerprint density at radius 1 is 0.969 bits per heavy atom. The van der Waals surface area contributed by atoms with Crippen LogP contribution in [0.2, 0.25) is 0 Å². The molecule has 0 aliphatic heterocycles. The lowest BCUT2D eigenvalue weighted by Crippen LogP contribution is -2.30. The van der Waals surface area contributed by atoms with Crippen molar-refractivity contribution < 1.29 is 27.5 Å². The number of para-hydroxylation sites is 1. The fraction of sp³-hybridized carbons (Fsp3) is 0.143. The molecule has 0 spiro atoms. The lowest BCUT2D eigenvalue weighted by Gasteiger charge is -2.15. The Morgan fingerprint density at radius 3 is 2.28 bits per heavy atom. The first kappa shape index (κ1) is 22.7. The van der Waals surface area contributed by atoms with E-state index < -0.39 is 28.0 Å². The summed E-state index contributed by atoms with van der Waals surface area (Å²) in [6.07, 6.45) is 1.71. The summed E-state index contributed by atoms with van der Waals surface area (Å²) in [6.45, 7) is 1.42. The van der Waals surface area contributed by atoms with Gasteiger partial charge in [-0.3, -0.25) is 4.79 Å². The first-order valence-electron chi connectivity index (χ1n) is 9.35. The smallest absolute Gasteiger partial charge is 0.342 e. The van der Waals surface area contributed by atoms with Crippen molar-refractivity contribution in [1.82, 2.24) is 9.97 Å². The Hall–Kier alpha value is -3.99. The van der Waals surface area contributed by atoms with Crippen LogP contribution < -0.4 is 14.8 Å². The number of carbonyl (C=O) groups is 2. The van der Waals surface area contributed by atoms with Gasteiger partial charge in [0.05, 0.1) is 12.0 Å². The maximum absolute atomic E-state index is 12.4. The van der Waals surface area contributed by atoms with Crippen LogP contribution in [-0.4, -0.2) is 43.5 Å². The van der Waals surface area contributed by atoms with Crippen LogP contribution in [0.3, 0.4) is 0 Å². The van der Waals surface area contributed by atoms with Crippen molar-refractivity contribution in [1.29, 1.82) is 0 Å². The van der Waals surface area contributed by atoms with E-state index in [1.54, 1.807) is 24.3 Å². The van der Waals surface area contributed by atoms with Gasteiger partial charge >= 0.3 is 5.97 Å². The molecule has 0 aliphatic carbocycles. The number of rotatable bonds is 8. The molecule has 1 atom stereocenters. The highest BCUT2D eigenvalue weighted by Gasteiger charge is 2.22. The Morgan fingerprint density at radius 2 is 1.62 bits per heavy atom. The van der Waals surface area contributed by atoms with Crippen molar-refractivity contribution in [2.45, 2.75) is 17.9 Å². The number of anilines is 2. The van der Waals surface area contributed by atoms with E-state index in [4.69, 9.17) is 9.47 Å². The number of ether oxygens (including phenoxy) is 2. The van der Waals surface area contributed by atoms with Gasteiger partial charge in [-0.15, -0.1) is 0 Å². The number of nitrogens with zero attached hydrogens (tertiary/aromatic N) is 2. The summed E-state index contributed by atoms with van der Waals surface area (Å²) in [5.74, 6) is -1.02. The molecule has 2 aromatic carbocycles. The number of hydrogen-bond acceptors (Lipinski definition) is 8. The predicted molar refractivity (Wildman–Crippen MR) is 116 cm³/mol. The molecule has 166 valence electrons. The molecule has 0 bridgehead atoms. The number of amides is 1. The zero-order valence-corrected chi connectivity index (χ0v) is 18.0. The summed E-state index contributed by atoms with van der Waals surface area (Å²) in [4.78, 5) is 32.3. The van der Waals surface area contributed by atoms with E-state index in [0.717, 1.165) is 0 Å². The molecule has 1 heterocycles. The Bertz CT molecular complexity index is 1200. The molecule has 11 heteroatoms. The molecule has 0 unspecified atom stereocenters. The van der Waals surface area contributed by atoms with Crippen molar-refractivity contribution in [2.75, 3.05) is 17.1 Å². The summed E-state index contributed by atoms with van der Waals surface area (Å²) in [5, 5.41) is 2.57. The standard InChI is InChI=1S/C21H20N4O6S/c1-14(31-20(27)17-6-3-4-7-18(17)30-2)19(26)24-15-8-10-16(11-9-15)32(28,29)25-21-22-12-5-13-23-21/h3-14H,1-2H3,(H,24,26)(H,22,23,25)/t14-/m0/s1. The van der Waals surface area contributed by atoms with Crippen LogP contribution in [0, 0.1) is 0 Å². The van der Waals surface area contributed by atoms with Gasteiger partial charge in [-0.05, 0) is 49.4 Å². The first-order valence-corrected chi connectivity index (χ1v) is 10.8. The summed E-state index contributed by atoms with van der Waals surface area (Å²) in [7, 11) is -2.47. The molecule has 0 fully saturated rings. The minimum absolute atomic E-state index is 0.0430. The maximum Gasteiger partial charge on any atom is 0.342 e. The van der Waals surface area contributed by atoms with E-state index in [2.05, 4.69) is 20.0 Å². The molecule has 0 aliphatic rings. The van der Waals surface area contributed by atoms with Gasteiger partial charge in [0.2, 0.25) is 5.95 Å². The second kappa shape index (κ2) is 9.88. The number of esters is 1. The van der Waals surface area contributed by atoms with Crippen LogP contribution in [0.4, 0.5) is 11.6 Å². The summed E-state index contributed by atoms with van der Waals surface area (Å²) < 4.78 is 37.4. The van der Waals surface area contributed by atoms with Crippen molar-refractivity contribution in [3.63, 3.8) is 0 Å². The van der Waals surface area contributed by atoms with E-state index in [1.807, 2.05) is 0 Å². The molecule has 0 radical (unpaired) electrons. The van der Waals surface area contributed by atoms with Crippen LogP contribution >= 0.6 is 0 Å². The fourth-order valence-corrected chi connectivity index (χ4v) is 3.54. The van der Waals surface area contributed by atoms with Gasteiger partial charge in [-0.2, -0.15) is 0 Å². The lowest BCUT2D eigenvalue weighted by atomic mass is 10.2. The van der Waals surface area contributed by atoms with E-state index >= 15 is 0 Å². The highest BCUT2D eigenvalue weighted by Crippen LogP contribution is 2.20. The number of methoxy groups -OCH3 is 1. The van der Waals surface area contributed by atoms with Gasteiger partial charge in [0.15, 0.2) is 6.10 Å². The van der Waals surface area contributed by atoms with Gasteiger partial charge in [0.25, 0.3) is 15.9 Å². The molecule has 0 saturated heterocycles. The van der Waals surface area contributed by atoms with Crippen molar-refractivity contribution >= 4 is 33.5 Å². The first-order chi connectivity index (χ1) is 15.3. The minimum Gasteiger partial charge on any atom is -0.496 e. The highest BCUT2D eigenvalue weighted by molar-refractivity contribution is 7.92. The van der Waals surface area contributed by atoms with E-state index in [0.29, 0.717) is 11.4 Å². The molecule has 3 aromatic rings. The molecular weight excluding hydrogens is 436 g/mol. The Labute approximate surface area is 184 Å². The molecule has 3 rings (SSSR count). The summed E-state index contributed by atoms with van der Waals surface area (Å²) >= 11 is 0. The number of sulfonamides is 1. The predicted octanol–water partition coefficient (Wildman–Crippen LogP) is 2.47. The third kappa shape index (κ3) is 5.58. The number of nitrogens with one attached hydrogen (secondary N) is 2. The van der Waals surface area contributed by atoms with E-state index in [1.165, 1.54) is 56.8 Å². The normalized spacial score (nSPS) is 11.8. The Balaban J connectivity index is 1.62. The largest absolute Gasteiger partial charge is 0.496 e. The number of aromatic nitrogens is 2. The maximum atomic E-state index is 12.4. The molecule has 1 amide bonds. The third-order valence-corrected chi connectivity index (χ3v) is 5.55. The minimum atomic E-state index is -3.90. The average molecular weight is 456 g/mol. The summed E-state index contributed by atoms with van der Waals surface area (Å²) in [5.41, 5.74) is 0.518. The van der Waals surface area contributed by atoms with Crippen LogP contribution in [-0.2, 0) is 19.6 Å². The van der Waals surface area contributed by atoms with Gasteiger partial charge < -0.3 is 14.8 Å². The van der Waals surface area contributed by atoms with Gasteiger partial charge in [-0.25, -0.2) is 27.9 Å². The van der Waals surface area contributed by atoms with Gasteiger partial charge in [0.1, 0.15) is 11.3 Å². The van der Waals surface area contributed by atoms with E-state index in [-0.39, 0.29) is 16.4 Å². The topological polar surface area (TPSA) is 137 Å². The van der Waals surface area contributed by atoms with Gasteiger partial charge in [0, 0.05) is 18.1 Å². The number of carbonyl (C=O) groups excluding carboxylic acids is 2. The Kier molecular flexibility index (Phi) is 7.00. The third-order valence-electron chi connectivity index (χ3n) is 4.20. The van der Waals surface area contributed by atoms with Crippen molar-refractivity contribution in [2.24, 2.45) is 0 Å². The van der Waals surface area contributed by atoms with Crippen LogP contribution in [0.25, 0.3) is 0 Å². The van der Waals surface area contributed by atoms with Gasteiger partial charge in [-0.1, -0.05) is 12.1 Å². The zero-order valence-electron chi connectivity index (χ0n) is 17.2. The van der Waals surface area contributed by atoms with Crippen LogP contribution in [0.1, 0.15) is 17.3 Å². The average Bonchev–Trinajstić information content (AvgIpc) is 2.79. The SMILES string of the molecule is COc1ccccc1C(=O)O[C@@H](C)C(=O)Nc1ccc(S(=O)(=O)Nc2ncccn2)cc1. The second-order valence-corrected chi connectivity index (χ2v) is 8.12. The molecule has 1 aromatic heterocycles. The van der Waals surface area contributed by atoms with Crippen molar-refractivity contribution in [3.05, 3.63) is 72.6 Å². The monoisotopic (exact) mass is 456 g/mol. The summed E-state index contributed by atoms with van der Waals surface area (Å²) in [6, 6.07) is 13.5. The zero-order chi connectivity index (χ0) is 23.1. The fourth-order valence-electron chi connectivity index (χ4n) is 2.58. The molecular formula is C21H20N4O6S. The lowest BCUT2D eigenvalue weighted by molar-refractivity contribution is -0.123. The number of hydrogen-bond donors (Lipinski definition) is 2. The molecule has 2 N–H and O–H groups in total. The highest BCUT2D eigenvalue weighted by atomic mass is 32.2. The molecule has 0 saturated carbocycles. The van der Waals surface area contributed by atoms with Crippen molar-refractivity contribution in [3.8, 4) is 5.75 Å². The van der Waals surface area contributed by atoms with E-state index in [9.17, 15) is 18.0 Å². The van der Waals surface area contributed by atoms with Crippen LogP contribution in [0.15, 0.2) is 71.9 Å². The second-order valence-electron chi connectivity index (χ2n) is 6.44.